The molecule has 1 unspecified atom stereocenters. The van der Waals surface area contributed by atoms with Gasteiger partial charge in [-0.05, 0) is 70.1 Å². The predicted octanol–water partition coefficient (Wildman–Crippen LogP) is 7.94. The number of aliphatic hydroxyl groups is 4. The monoisotopic (exact) mass is 946 g/mol. The number of aliphatic hydroxyl groups excluding tert-OH is 4. The lowest BCUT2D eigenvalue weighted by Gasteiger charge is -2.20. The number of esters is 2. The molecule has 7 N–H and O–H groups in total. The summed E-state index contributed by atoms with van der Waals surface area (Å²) in [5, 5.41) is 41.1. The van der Waals surface area contributed by atoms with Crippen molar-refractivity contribution in [3.05, 3.63) is 85.1 Å². The number of hydrogen-bond donors (Lipinski definition) is 7. The van der Waals surface area contributed by atoms with E-state index in [0.717, 1.165) is 70.6 Å². The second kappa shape index (κ2) is 36.3. The molecule has 1 aliphatic rings. The topological polar surface area (TPSA) is 256 Å². The Bertz CT molecular complexity index is 1570. The third kappa shape index (κ3) is 32.8. The normalized spacial score (nSPS) is 21.1. The van der Waals surface area contributed by atoms with Gasteiger partial charge in [0.05, 0.1) is 44.6 Å². The number of carbonyl (C=O) groups is 2. The molecule has 0 amide bonds. The van der Waals surface area contributed by atoms with Gasteiger partial charge in [0.25, 0.3) is 0 Å². The summed E-state index contributed by atoms with van der Waals surface area (Å²) in [6, 6.07) is 0. The quantitative estimate of drug-likeness (QED) is 0.0135. The van der Waals surface area contributed by atoms with Gasteiger partial charge in [-0.25, -0.2) is 9.13 Å². The summed E-state index contributed by atoms with van der Waals surface area (Å²) in [4.78, 5) is 53.0. The molecule has 0 aliphatic heterocycles. The number of rotatable bonds is 37. The average molecular weight is 947 g/mol. The van der Waals surface area contributed by atoms with E-state index < -0.39 is 84.5 Å². The first kappa shape index (κ1) is 59.2. The first-order valence-corrected chi connectivity index (χ1v) is 25.6. The van der Waals surface area contributed by atoms with E-state index in [1.54, 1.807) is 18.2 Å². The molecule has 16 nitrogen and oxygen atoms in total. The molecule has 0 spiro atoms. The van der Waals surface area contributed by atoms with Gasteiger partial charge in [-0.3, -0.25) is 23.2 Å². The Labute approximate surface area is 380 Å². The second-order valence-corrected chi connectivity index (χ2v) is 18.3. The van der Waals surface area contributed by atoms with Crippen LogP contribution < -0.4 is 0 Å². The Hall–Kier alpha value is -2.82. The van der Waals surface area contributed by atoms with Gasteiger partial charge in [0, 0.05) is 18.8 Å². The van der Waals surface area contributed by atoms with Crippen LogP contribution in [0.1, 0.15) is 123 Å². The number of phosphoric ester groups is 2. The summed E-state index contributed by atoms with van der Waals surface area (Å²) in [6.45, 7) is 1.11. The Balaban J connectivity index is 2.62. The van der Waals surface area contributed by atoms with E-state index in [1.807, 2.05) is 0 Å². The van der Waals surface area contributed by atoms with Crippen molar-refractivity contribution in [3.63, 3.8) is 0 Å². The first-order chi connectivity index (χ1) is 30.6. The Morgan fingerprint density at radius 1 is 0.672 bits per heavy atom. The van der Waals surface area contributed by atoms with E-state index in [0.29, 0.717) is 19.3 Å². The van der Waals surface area contributed by atoms with Crippen LogP contribution in [0, 0.1) is 11.8 Å². The maximum atomic E-state index is 12.7. The van der Waals surface area contributed by atoms with Crippen molar-refractivity contribution in [1.29, 1.82) is 0 Å². The molecule has 1 rings (SSSR count). The zero-order valence-electron chi connectivity index (χ0n) is 37.7. The standard InChI is InChI=1S/C46H76O16P2/c1-3-5-7-8-9-10-11-12-13-14-15-16-17-18-19-20-21-22-24-30-46(52)62-40(37-61-64(56,57)60-35-39(48)34-59-63(53,54)55)36-58-45(51)29-26-25-28-41-42(44(50)33-43(41)49)32-31-38(47)27-23-6-4-2/h5,7,9-10,12-13,15-16,18-19,25-26,31-32,38-44,47-50H,3-4,6,8,11,14,17,20-24,27-30,33-37H2,1-2H3,(H,56,57)(H2,53,54,55)/b7-5-,10-9-,13-12-,16-15-,19-18-,26-25-,32-31+/t38-,39+,40-,41+,42-,43+,44-/m1/s1. The van der Waals surface area contributed by atoms with Crippen molar-refractivity contribution < 1.29 is 76.9 Å². The molecule has 8 atom stereocenters. The van der Waals surface area contributed by atoms with Crippen molar-refractivity contribution in [2.24, 2.45) is 11.8 Å². The highest BCUT2D eigenvalue weighted by Crippen LogP contribution is 2.44. The van der Waals surface area contributed by atoms with Gasteiger partial charge in [0.15, 0.2) is 6.10 Å². The Morgan fingerprint density at radius 3 is 1.91 bits per heavy atom. The molecular weight excluding hydrogens is 870 g/mol. The fraction of sp³-hybridized carbons (Fsp3) is 0.652. The molecule has 0 aromatic rings. The van der Waals surface area contributed by atoms with Crippen molar-refractivity contribution in [2.75, 3.05) is 26.4 Å². The highest BCUT2D eigenvalue weighted by Gasteiger charge is 2.39. The van der Waals surface area contributed by atoms with Crippen molar-refractivity contribution in [2.45, 2.75) is 154 Å². The third-order valence-corrected chi connectivity index (χ3v) is 11.3. The summed E-state index contributed by atoms with van der Waals surface area (Å²) in [6.07, 6.45) is 34.2. The van der Waals surface area contributed by atoms with Crippen LogP contribution in [0.4, 0.5) is 0 Å². The summed E-state index contributed by atoms with van der Waals surface area (Å²) in [5.74, 6) is -2.10. The number of unbranched alkanes of at least 4 members (excludes halogenated alkanes) is 5. The zero-order chi connectivity index (χ0) is 47.5. The van der Waals surface area contributed by atoms with Crippen LogP contribution >= 0.6 is 15.6 Å². The van der Waals surface area contributed by atoms with Gasteiger partial charge < -0.3 is 44.6 Å². The fourth-order valence-corrected chi connectivity index (χ4v) is 7.56. The van der Waals surface area contributed by atoms with Gasteiger partial charge in [0.1, 0.15) is 12.7 Å². The van der Waals surface area contributed by atoms with Gasteiger partial charge in [0.2, 0.25) is 0 Å². The average Bonchev–Trinajstić information content (AvgIpc) is 3.52. The van der Waals surface area contributed by atoms with E-state index in [-0.39, 0.29) is 31.1 Å². The van der Waals surface area contributed by atoms with Gasteiger partial charge >= 0.3 is 27.6 Å². The second-order valence-electron chi connectivity index (χ2n) is 15.6. The minimum atomic E-state index is -4.91. The van der Waals surface area contributed by atoms with Crippen LogP contribution in [0.25, 0.3) is 0 Å². The molecule has 18 heteroatoms. The molecule has 0 bridgehead atoms. The lowest BCUT2D eigenvalue weighted by Crippen LogP contribution is -2.29. The molecule has 1 saturated carbocycles. The third-order valence-electron chi connectivity index (χ3n) is 9.86. The summed E-state index contributed by atoms with van der Waals surface area (Å²) >= 11 is 0. The molecule has 1 fully saturated rings. The summed E-state index contributed by atoms with van der Waals surface area (Å²) in [5.41, 5.74) is 0. The minimum Gasteiger partial charge on any atom is -0.461 e. The SMILES string of the molecule is CC/C=C\C/C=C\C/C=C\C/C=C\C/C=C\CCCCCC(=O)O[C@H](COC(=O)C/C=C\C[C@H]1[C@@H](/C=C/[C@H](O)CCCCC)[C@H](O)C[C@@H]1O)COP(=O)(O)OC[C@@H](O)COP(=O)(O)O. The Morgan fingerprint density at radius 2 is 1.28 bits per heavy atom. The van der Waals surface area contributed by atoms with Crippen LogP contribution in [-0.4, -0.2) is 104 Å². The van der Waals surface area contributed by atoms with E-state index in [1.165, 1.54) is 6.08 Å². The number of ether oxygens (including phenoxy) is 2. The van der Waals surface area contributed by atoms with Crippen molar-refractivity contribution in [1.82, 2.24) is 0 Å². The van der Waals surface area contributed by atoms with E-state index in [2.05, 4.69) is 83.7 Å². The Kier molecular flexibility index (Phi) is 33.6. The molecular formula is C46H76O16P2. The molecule has 0 aromatic heterocycles. The highest BCUT2D eigenvalue weighted by atomic mass is 31.2. The summed E-state index contributed by atoms with van der Waals surface area (Å²) in [7, 11) is -9.81. The van der Waals surface area contributed by atoms with Crippen LogP contribution in [0.5, 0.6) is 0 Å². The van der Waals surface area contributed by atoms with Gasteiger partial charge in [-0.2, -0.15) is 0 Å². The highest BCUT2D eigenvalue weighted by molar-refractivity contribution is 7.47. The molecule has 0 saturated heterocycles. The maximum absolute atomic E-state index is 12.7. The maximum Gasteiger partial charge on any atom is 0.472 e. The van der Waals surface area contributed by atoms with Crippen molar-refractivity contribution >= 4 is 27.6 Å². The van der Waals surface area contributed by atoms with E-state index in [9.17, 15) is 44.0 Å². The van der Waals surface area contributed by atoms with Crippen LogP contribution in [-0.2, 0) is 41.8 Å². The smallest absolute Gasteiger partial charge is 0.461 e. The number of carbonyl (C=O) groups excluding carboxylic acids is 2. The predicted molar refractivity (Wildman–Crippen MR) is 245 cm³/mol. The van der Waals surface area contributed by atoms with Crippen LogP contribution in [0.15, 0.2) is 85.1 Å². The van der Waals surface area contributed by atoms with Crippen LogP contribution in [0.3, 0.4) is 0 Å². The lowest BCUT2D eigenvalue weighted by atomic mass is 9.89. The molecule has 0 radical (unpaired) electrons. The van der Waals surface area contributed by atoms with Crippen molar-refractivity contribution in [3.8, 4) is 0 Å². The van der Waals surface area contributed by atoms with Gasteiger partial charge in [-0.15, -0.1) is 0 Å². The molecule has 366 valence electrons. The first-order valence-electron chi connectivity index (χ1n) is 22.5. The largest absolute Gasteiger partial charge is 0.472 e. The van der Waals surface area contributed by atoms with Gasteiger partial charge in [-0.1, -0.05) is 125 Å². The molecule has 64 heavy (non-hydrogen) atoms. The molecule has 1 aliphatic carbocycles. The van der Waals surface area contributed by atoms with E-state index in [4.69, 9.17) is 23.8 Å². The lowest BCUT2D eigenvalue weighted by molar-refractivity contribution is -0.160. The minimum absolute atomic E-state index is 0.0214. The number of phosphoric acid groups is 2. The number of hydrogen-bond acceptors (Lipinski definition) is 13. The molecule has 0 aromatic carbocycles. The fourth-order valence-electron chi connectivity index (χ4n) is 6.40. The van der Waals surface area contributed by atoms with Crippen LogP contribution in [0.2, 0.25) is 0 Å². The summed E-state index contributed by atoms with van der Waals surface area (Å²) < 4.78 is 47.7. The zero-order valence-corrected chi connectivity index (χ0v) is 39.5. The molecule has 0 heterocycles. The number of allylic oxidation sites excluding steroid dienone is 11. The van der Waals surface area contributed by atoms with E-state index >= 15 is 0 Å².